The Bertz CT molecular complexity index is 428. The van der Waals surface area contributed by atoms with Gasteiger partial charge in [-0.3, -0.25) is 0 Å². The first kappa shape index (κ1) is 9.46. The number of rotatable bonds is 2. The Morgan fingerprint density at radius 3 is 2.71 bits per heavy atom. The summed E-state index contributed by atoms with van der Waals surface area (Å²) in [7, 11) is 0. The van der Waals surface area contributed by atoms with Crippen LogP contribution in [0.4, 0.5) is 0 Å². The molecule has 0 fully saturated rings. The van der Waals surface area contributed by atoms with Crippen molar-refractivity contribution in [2.24, 2.45) is 0 Å². The second-order valence-electron chi connectivity index (χ2n) is 3.62. The minimum Gasteiger partial charge on any atom is -0.469 e. The summed E-state index contributed by atoms with van der Waals surface area (Å²) in [4.78, 5) is 4.57. The van der Waals surface area contributed by atoms with Crippen molar-refractivity contribution in [3.63, 3.8) is 0 Å². The van der Waals surface area contributed by atoms with Gasteiger partial charge >= 0.3 is 0 Å². The van der Waals surface area contributed by atoms with Crippen molar-refractivity contribution in [1.29, 1.82) is 0 Å². The molecule has 0 amide bonds. The van der Waals surface area contributed by atoms with Crippen molar-refractivity contribution < 1.29 is 4.42 Å². The summed E-state index contributed by atoms with van der Waals surface area (Å²) >= 11 is 1.68. The topological polar surface area (TPSA) is 26.0 Å². The van der Waals surface area contributed by atoms with Crippen LogP contribution in [0.5, 0.6) is 0 Å². The van der Waals surface area contributed by atoms with Gasteiger partial charge in [0, 0.05) is 5.38 Å². The molecular weight excluding hydrogens is 194 g/mol. The van der Waals surface area contributed by atoms with Gasteiger partial charge in [-0.2, -0.15) is 0 Å². The maximum absolute atomic E-state index is 5.26. The molecule has 14 heavy (non-hydrogen) atoms. The van der Waals surface area contributed by atoms with Crippen LogP contribution in [-0.4, -0.2) is 4.98 Å². The van der Waals surface area contributed by atoms with Crippen molar-refractivity contribution >= 4 is 11.3 Å². The number of furan rings is 1. The Balaban J connectivity index is 2.39. The first-order valence-electron chi connectivity index (χ1n) is 4.68. The van der Waals surface area contributed by atoms with Crippen molar-refractivity contribution in [2.75, 3.05) is 0 Å². The molecule has 74 valence electrons. The zero-order valence-electron chi connectivity index (χ0n) is 8.57. The van der Waals surface area contributed by atoms with Crippen LogP contribution in [0.25, 0.3) is 10.6 Å². The van der Waals surface area contributed by atoms with Crippen molar-refractivity contribution in [2.45, 2.75) is 26.7 Å². The Hall–Kier alpha value is -1.09. The minimum atomic E-state index is 0.493. The Morgan fingerprint density at radius 1 is 1.43 bits per heavy atom. The predicted molar refractivity (Wildman–Crippen MR) is 58.6 cm³/mol. The maximum Gasteiger partial charge on any atom is 0.127 e. The molecule has 0 atom stereocenters. The molecule has 0 aromatic carbocycles. The van der Waals surface area contributed by atoms with Gasteiger partial charge in [-0.25, -0.2) is 4.98 Å². The smallest absolute Gasteiger partial charge is 0.127 e. The van der Waals surface area contributed by atoms with Crippen LogP contribution in [0.3, 0.4) is 0 Å². The van der Waals surface area contributed by atoms with Crippen LogP contribution in [0.1, 0.15) is 31.2 Å². The molecule has 0 radical (unpaired) electrons. The summed E-state index contributed by atoms with van der Waals surface area (Å²) in [5.74, 6) is 1.43. The van der Waals surface area contributed by atoms with Gasteiger partial charge in [-0.1, -0.05) is 13.8 Å². The Labute approximate surface area is 87.6 Å². The summed E-state index contributed by atoms with van der Waals surface area (Å²) in [6.07, 6.45) is 1.71. The van der Waals surface area contributed by atoms with Crippen LogP contribution in [0, 0.1) is 6.92 Å². The fraction of sp³-hybridized carbons (Fsp3) is 0.364. The molecule has 0 aliphatic heterocycles. The quantitative estimate of drug-likeness (QED) is 0.748. The van der Waals surface area contributed by atoms with Gasteiger partial charge in [-0.05, 0) is 18.9 Å². The highest BCUT2D eigenvalue weighted by Crippen LogP contribution is 2.29. The van der Waals surface area contributed by atoms with Gasteiger partial charge in [0.2, 0.25) is 0 Å². The summed E-state index contributed by atoms with van der Waals surface area (Å²) < 4.78 is 5.26. The van der Waals surface area contributed by atoms with Gasteiger partial charge in [0.05, 0.1) is 17.5 Å². The number of thiazole rings is 1. The van der Waals surface area contributed by atoms with Crippen LogP contribution in [0.2, 0.25) is 0 Å². The van der Waals surface area contributed by atoms with Crippen LogP contribution < -0.4 is 0 Å². The highest BCUT2D eigenvalue weighted by molar-refractivity contribution is 7.13. The van der Waals surface area contributed by atoms with Gasteiger partial charge in [0.25, 0.3) is 0 Å². The van der Waals surface area contributed by atoms with Gasteiger partial charge in [-0.15, -0.1) is 11.3 Å². The van der Waals surface area contributed by atoms with E-state index in [0.717, 1.165) is 22.0 Å². The monoisotopic (exact) mass is 207 g/mol. The zero-order valence-corrected chi connectivity index (χ0v) is 9.39. The molecule has 0 saturated heterocycles. The number of nitrogens with zero attached hydrogens (tertiary/aromatic N) is 1. The van der Waals surface area contributed by atoms with E-state index in [1.165, 1.54) is 0 Å². The van der Waals surface area contributed by atoms with Gasteiger partial charge in [0.1, 0.15) is 10.8 Å². The van der Waals surface area contributed by atoms with E-state index < -0.39 is 0 Å². The third kappa shape index (κ3) is 1.60. The Kier molecular flexibility index (Phi) is 2.42. The maximum atomic E-state index is 5.26. The van der Waals surface area contributed by atoms with Gasteiger partial charge < -0.3 is 4.42 Å². The van der Waals surface area contributed by atoms with E-state index in [4.69, 9.17) is 4.42 Å². The molecule has 0 bridgehead atoms. The van der Waals surface area contributed by atoms with Crippen molar-refractivity contribution in [3.05, 3.63) is 29.2 Å². The highest BCUT2D eigenvalue weighted by Gasteiger charge is 2.10. The van der Waals surface area contributed by atoms with Crippen LogP contribution >= 0.6 is 11.3 Å². The average molecular weight is 207 g/mol. The highest BCUT2D eigenvalue weighted by atomic mass is 32.1. The van der Waals surface area contributed by atoms with E-state index in [1.54, 1.807) is 17.6 Å². The Morgan fingerprint density at radius 2 is 2.21 bits per heavy atom. The second kappa shape index (κ2) is 3.58. The zero-order chi connectivity index (χ0) is 10.1. The molecule has 0 unspecified atom stereocenters. The van der Waals surface area contributed by atoms with E-state index in [9.17, 15) is 0 Å². The summed E-state index contributed by atoms with van der Waals surface area (Å²) in [6, 6.07) is 1.97. The van der Waals surface area contributed by atoms with Crippen molar-refractivity contribution in [1.82, 2.24) is 4.98 Å². The number of aryl methyl sites for hydroxylation is 1. The lowest BCUT2D eigenvalue weighted by molar-refractivity contribution is 0.535. The van der Waals surface area contributed by atoms with E-state index in [2.05, 4.69) is 24.2 Å². The van der Waals surface area contributed by atoms with E-state index in [1.807, 2.05) is 13.0 Å². The molecule has 0 N–H and O–H groups in total. The van der Waals surface area contributed by atoms with Crippen molar-refractivity contribution in [3.8, 4) is 10.6 Å². The number of hydrogen-bond acceptors (Lipinski definition) is 3. The molecule has 0 spiro atoms. The third-order valence-corrected chi connectivity index (χ3v) is 3.10. The molecule has 0 saturated carbocycles. The number of hydrogen-bond donors (Lipinski definition) is 0. The lowest BCUT2D eigenvalue weighted by atomic mass is 10.2. The first-order chi connectivity index (χ1) is 6.68. The normalized spacial score (nSPS) is 11.1. The van der Waals surface area contributed by atoms with E-state index >= 15 is 0 Å². The molecule has 0 aliphatic rings. The average Bonchev–Trinajstić information content (AvgIpc) is 2.71. The molecule has 3 heteroatoms. The fourth-order valence-corrected chi connectivity index (χ4v) is 2.34. The predicted octanol–water partition coefficient (Wildman–Crippen LogP) is 3.83. The first-order valence-corrected chi connectivity index (χ1v) is 5.56. The van der Waals surface area contributed by atoms with Crippen LogP contribution in [0.15, 0.2) is 22.1 Å². The van der Waals surface area contributed by atoms with Crippen LogP contribution in [-0.2, 0) is 0 Å². The molecular formula is C11H13NOS. The summed E-state index contributed by atoms with van der Waals surface area (Å²) in [6.45, 7) is 6.27. The summed E-state index contributed by atoms with van der Waals surface area (Å²) in [5, 5.41) is 3.17. The molecule has 2 nitrogen and oxygen atoms in total. The lowest BCUT2D eigenvalue weighted by Gasteiger charge is -1.96. The van der Waals surface area contributed by atoms with E-state index in [-0.39, 0.29) is 0 Å². The third-order valence-electron chi connectivity index (χ3n) is 2.20. The molecule has 2 aromatic heterocycles. The molecule has 2 rings (SSSR count). The molecule has 0 aliphatic carbocycles. The molecule has 2 aromatic rings. The second-order valence-corrected chi connectivity index (χ2v) is 4.48. The largest absolute Gasteiger partial charge is 0.469 e. The standard InChI is InChI=1S/C11H13NOS/c1-7(2)10-6-14-11(12-10)9-4-5-13-8(9)3/h4-7H,1-3H3. The van der Waals surface area contributed by atoms with E-state index in [0.29, 0.717) is 5.92 Å². The van der Waals surface area contributed by atoms with Gasteiger partial charge in [0.15, 0.2) is 0 Å². The SMILES string of the molecule is Cc1occc1-c1nc(C(C)C)cs1. The lowest BCUT2D eigenvalue weighted by Crippen LogP contribution is -1.86. The number of aromatic nitrogens is 1. The summed E-state index contributed by atoms with van der Waals surface area (Å²) in [5.41, 5.74) is 2.27. The fourth-order valence-electron chi connectivity index (χ4n) is 1.28. The molecule has 2 heterocycles. The minimum absolute atomic E-state index is 0.493.